The van der Waals surface area contributed by atoms with Crippen molar-refractivity contribution in [1.29, 1.82) is 0 Å². The minimum Gasteiger partial charge on any atom is -0.455 e. The van der Waals surface area contributed by atoms with Crippen LogP contribution in [0.3, 0.4) is 0 Å². The highest BCUT2D eigenvalue weighted by atomic mass is 19.1. The van der Waals surface area contributed by atoms with Gasteiger partial charge in [0.05, 0.1) is 23.3 Å². The summed E-state index contributed by atoms with van der Waals surface area (Å²) in [5, 5.41) is 9.97. The molecule has 3 heterocycles. The molecule has 1 unspecified atom stereocenters. The maximum Gasteiger partial charge on any atom is 0.324 e. The normalized spacial score (nSPS) is 11.8. The lowest BCUT2D eigenvalue weighted by molar-refractivity contribution is 0.262. The molecule has 0 bridgehead atoms. The standard InChI is InChI=1S/C27H24FN7O3/c1-3-16(2)21-14-23(35(34-21)17-7-5-4-6-8-17)32-27(37)31-20-10-9-18(13-19(20)28)38-22-11-12-29-26-25(22)30-15-24(36)33-26/h4-16H,3H2,1-2H3,(H,29,33,36)(H2,31,32,37). The van der Waals surface area contributed by atoms with Crippen LogP contribution < -0.4 is 20.9 Å². The summed E-state index contributed by atoms with van der Waals surface area (Å²) in [6, 6.07) is 16.2. The Balaban J connectivity index is 1.33. The van der Waals surface area contributed by atoms with E-state index in [1.807, 2.05) is 36.4 Å². The molecule has 5 aromatic rings. The molecule has 0 aliphatic carbocycles. The maximum atomic E-state index is 14.9. The first kappa shape index (κ1) is 24.6. The summed E-state index contributed by atoms with van der Waals surface area (Å²) < 4.78 is 22.3. The van der Waals surface area contributed by atoms with E-state index >= 15 is 0 Å². The summed E-state index contributed by atoms with van der Waals surface area (Å²) in [5.41, 5.74) is 1.75. The fourth-order valence-electron chi connectivity index (χ4n) is 3.77. The van der Waals surface area contributed by atoms with Crippen LogP contribution in [0.2, 0.25) is 0 Å². The second kappa shape index (κ2) is 10.5. The number of nitrogens with one attached hydrogen (secondary N) is 3. The number of amides is 2. The van der Waals surface area contributed by atoms with Gasteiger partial charge in [0.1, 0.15) is 22.9 Å². The van der Waals surface area contributed by atoms with Crippen molar-refractivity contribution in [1.82, 2.24) is 24.7 Å². The number of aromatic nitrogens is 5. The van der Waals surface area contributed by atoms with Crippen molar-refractivity contribution in [3.05, 3.63) is 94.9 Å². The number of hydrogen-bond donors (Lipinski definition) is 3. The van der Waals surface area contributed by atoms with Gasteiger partial charge in [-0.1, -0.05) is 32.0 Å². The lowest BCUT2D eigenvalue weighted by Crippen LogP contribution is -2.21. The largest absolute Gasteiger partial charge is 0.455 e. The first-order valence-corrected chi connectivity index (χ1v) is 12.0. The van der Waals surface area contributed by atoms with Crippen LogP contribution in [0.4, 0.5) is 20.7 Å². The lowest BCUT2D eigenvalue weighted by Gasteiger charge is -2.12. The number of halogens is 1. The predicted molar refractivity (Wildman–Crippen MR) is 142 cm³/mol. The van der Waals surface area contributed by atoms with E-state index in [-0.39, 0.29) is 28.8 Å². The number of fused-ring (bicyclic) bond motifs is 1. The molecule has 0 radical (unpaired) electrons. The summed E-state index contributed by atoms with van der Waals surface area (Å²) in [6.45, 7) is 4.13. The van der Waals surface area contributed by atoms with Crippen LogP contribution in [0.5, 0.6) is 11.5 Å². The zero-order valence-corrected chi connectivity index (χ0v) is 20.6. The van der Waals surface area contributed by atoms with Crippen molar-refractivity contribution in [3.8, 4) is 17.2 Å². The number of hydrogen-bond acceptors (Lipinski definition) is 6. The molecule has 38 heavy (non-hydrogen) atoms. The molecule has 2 amide bonds. The van der Waals surface area contributed by atoms with Crippen molar-refractivity contribution < 1.29 is 13.9 Å². The third kappa shape index (κ3) is 5.21. The Morgan fingerprint density at radius 2 is 1.92 bits per heavy atom. The summed E-state index contributed by atoms with van der Waals surface area (Å²) in [7, 11) is 0. The number of anilines is 2. The maximum absolute atomic E-state index is 14.9. The highest BCUT2D eigenvalue weighted by Crippen LogP contribution is 2.29. The van der Waals surface area contributed by atoms with Gasteiger partial charge >= 0.3 is 6.03 Å². The minimum atomic E-state index is -0.700. The van der Waals surface area contributed by atoms with Crippen molar-refractivity contribution in [2.24, 2.45) is 0 Å². The molecule has 0 aliphatic heterocycles. The topological polar surface area (TPSA) is 127 Å². The number of carbonyl (C=O) groups is 1. The van der Waals surface area contributed by atoms with Gasteiger partial charge in [-0.25, -0.2) is 23.8 Å². The van der Waals surface area contributed by atoms with E-state index in [4.69, 9.17) is 4.74 Å². The lowest BCUT2D eigenvalue weighted by atomic mass is 10.1. The van der Waals surface area contributed by atoms with E-state index < -0.39 is 17.4 Å². The number of para-hydroxylation sites is 1. The molecule has 0 saturated carbocycles. The van der Waals surface area contributed by atoms with Gasteiger partial charge in [0.25, 0.3) is 5.56 Å². The number of benzene rings is 2. The van der Waals surface area contributed by atoms with Gasteiger partial charge < -0.3 is 15.0 Å². The molecule has 2 aromatic carbocycles. The van der Waals surface area contributed by atoms with E-state index in [1.54, 1.807) is 10.7 Å². The number of nitrogens with zero attached hydrogens (tertiary/aromatic N) is 4. The summed E-state index contributed by atoms with van der Waals surface area (Å²) in [6.07, 6.45) is 3.44. The van der Waals surface area contributed by atoms with Gasteiger partial charge in [-0.2, -0.15) is 5.10 Å². The molecular formula is C27H24FN7O3. The number of ether oxygens (including phenoxy) is 1. The van der Waals surface area contributed by atoms with Gasteiger partial charge in [0, 0.05) is 30.3 Å². The molecular weight excluding hydrogens is 489 g/mol. The van der Waals surface area contributed by atoms with Crippen LogP contribution >= 0.6 is 0 Å². The van der Waals surface area contributed by atoms with Gasteiger partial charge in [0.15, 0.2) is 11.4 Å². The Labute approximate surface area is 216 Å². The molecule has 3 aromatic heterocycles. The fraction of sp³-hybridized carbons (Fsp3) is 0.148. The highest BCUT2D eigenvalue weighted by molar-refractivity contribution is 5.99. The number of pyridine rings is 1. The molecule has 0 aliphatic rings. The fourth-order valence-corrected chi connectivity index (χ4v) is 3.77. The highest BCUT2D eigenvalue weighted by Gasteiger charge is 2.17. The van der Waals surface area contributed by atoms with E-state index in [2.05, 4.69) is 44.5 Å². The Morgan fingerprint density at radius 3 is 2.68 bits per heavy atom. The monoisotopic (exact) mass is 513 g/mol. The van der Waals surface area contributed by atoms with Crippen molar-refractivity contribution >= 4 is 28.7 Å². The van der Waals surface area contributed by atoms with E-state index in [0.717, 1.165) is 30.1 Å². The van der Waals surface area contributed by atoms with E-state index in [9.17, 15) is 14.0 Å². The van der Waals surface area contributed by atoms with Gasteiger partial charge in [0.2, 0.25) is 0 Å². The molecule has 0 saturated heterocycles. The third-order valence-corrected chi connectivity index (χ3v) is 5.94. The Morgan fingerprint density at radius 1 is 1.11 bits per heavy atom. The molecule has 11 heteroatoms. The van der Waals surface area contributed by atoms with Gasteiger partial charge in [-0.3, -0.25) is 10.1 Å². The molecule has 1 atom stereocenters. The Hall–Kier alpha value is -5.06. The van der Waals surface area contributed by atoms with Crippen molar-refractivity contribution in [2.45, 2.75) is 26.2 Å². The predicted octanol–water partition coefficient (Wildman–Crippen LogP) is 5.59. The van der Waals surface area contributed by atoms with Crippen LogP contribution in [0.25, 0.3) is 16.9 Å². The second-order valence-corrected chi connectivity index (χ2v) is 8.59. The van der Waals surface area contributed by atoms with E-state index in [1.165, 1.54) is 18.3 Å². The second-order valence-electron chi connectivity index (χ2n) is 8.59. The van der Waals surface area contributed by atoms with Gasteiger partial charge in [-0.15, -0.1) is 0 Å². The minimum absolute atomic E-state index is 0.0372. The van der Waals surface area contributed by atoms with Crippen LogP contribution in [-0.4, -0.2) is 30.8 Å². The Bertz CT molecular complexity index is 1670. The average molecular weight is 514 g/mol. The average Bonchev–Trinajstić information content (AvgIpc) is 3.34. The molecule has 10 nitrogen and oxygen atoms in total. The SMILES string of the molecule is CCC(C)c1cc(NC(=O)Nc2ccc(Oc3ccnc4[nH]c(=O)cnc34)cc2F)n(-c2ccccc2)n1. The summed E-state index contributed by atoms with van der Waals surface area (Å²) in [5.74, 6) is 0.417. The molecule has 0 spiro atoms. The van der Waals surface area contributed by atoms with Crippen molar-refractivity contribution in [2.75, 3.05) is 10.6 Å². The van der Waals surface area contributed by atoms with E-state index in [0.29, 0.717) is 11.3 Å². The number of urea groups is 1. The molecule has 3 N–H and O–H groups in total. The summed E-state index contributed by atoms with van der Waals surface area (Å²) in [4.78, 5) is 34.9. The van der Waals surface area contributed by atoms with Crippen molar-refractivity contribution in [3.63, 3.8) is 0 Å². The third-order valence-electron chi connectivity index (χ3n) is 5.94. The first-order chi connectivity index (χ1) is 18.4. The summed E-state index contributed by atoms with van der Waals surface area (Å²) >= 11 is 0. The molecule has 192 valence electrons. The van der Waals surface area contributed by atoms with Crippen LogP contribution in [0.15, 0.2) is 77.9 Å². The number of rotatable bonds is 7. The van der Waals surface area contributed by atoms with Gasteiger partial charge in [-0.05, 0) is 30.7 Å². The zero-order chi connectivity index (χ0) is 26.6. The van der Waals surface area contributed by atoms with Crippen LogP contribution in [0, 0.1) is 5.82 Å². The number of carbonyl (C=O) groups excluding carboxylic acids is 1. The smallest absolute Gasteiger partial charge is 0.324 e. The number of aromatic amines is 1. The Kier molecular flexibility index (Phi) is 6.81. The van der Waals surface area contributed by atoms with Crippen LogP contribution in [0.1, 0.15) is 31.9 Å². The number of H-pyrrole nitrogens is 1. The molecule has 5 rings (SSSR count). The quantitative estimate of drug-likeness (QED) is 0.260. The molecule has 0 fully saturated rings. The van der Waals surface area contributed by atoms with Crippen LogP contribution in [-0.2, 0) is 0 Å². The first-order valence-electron chi connectivity index (χ1n) is 12.0. The zero-order valence-electron chi connectivity index (χ0n) is 20.6.